The molecule has 2 aliphatic rings. The van der Waals surface area contributed by atoms with Gasteiger partial charge < -0.3 is 11.1 Å². The van der Waals surface area contributed by atoms with E-state index in [4.69, 9.17) is 5.73 Å². The van der Waals surface area contributed by atoms with Crippen molar-refractivity contribution in [3.8, 4) is 0 Å². The van der Waals surface area contributed by atoms with Crippen molar-refractivity contribution in [1.82, 2.24) is 0 Å². The summed E-state index contributed by atoms with van der Waals surface area (Å²) in [5.41, 5.74) is 7.69. The van der Waals surface area contributed by atoms with Gasteiger partial charge in [-0.2, -0.15) is 13.2 Å². The first-order chi connectivity index (χ1) is 11.4. The third-order valence-corrected chi connectivity index (χ3v) is 5.00. The largest absolute Gasteiger partial charge is 0.418 e. The molecular formula is C19H17F3N2. The van der Waals surface area contributed by atoms with Gasteiger partial charge >= 0.3 is 6.18 Å². The van der Waals surface area contributed by atoms with E-state index in [1.165, 1.54) is 6.07 Å². The van der Waals surface area contributed by atoms with Gasteiger partial charge in [0, 0.05) is 11.6 Å². The average Bonchev–Trinajstić information content (AvgIpc) is 3.03. The number of rotatable bonds is 1. The smallest absolute Gasteiger partial charge is 0.399 e. The Labute approximate surface area is 138 Å². The molecule has 5 heteroatoms. The van der Waals surface area contributed by atoms with E-state index in [1.54, 1.807) is 18.2 Å². The van der Waals surface area contributed by atoms with E-state index in [1.807, 2.05) is 18.2 Å². The van der Waals surface area contributed by atoms with Gasteiger partial charge in [-0.05, 0) is 41.7 Å². The molecule has 0 spiro atoms. The lowest BCUT2D eigenvalue weighted by molar-refractivity contribution is -0.137. The summed E-state index contributed by atoms with van der Waals surface area (Å²) < 4.78 is 40.3. The van der Waals surface area contributed by atoms with Gasteiger partial charge in [0.1, 0.15) is 0 Å². The molecule has 1 heterocycles. The molecule has 3 atom stereocenters. The minimum Gasteiger partial charge on any atom is -0.399 e. The highest BCUT2D eigenvalue weighted by molar-refractivity contribution is 5.65. The van der Waals surface area contributed by atoms with Gasteiger partial charge in [-0.1, -0.05) is 36.4 Å². The molecule has 1 aliphatic carbocycles. The van der Waals surface area contributed by atoms with Crippen molar-refractivity contribution in [2.45, 2.75) is 24.6 Å². The van der Waals surface area contributed by atoms with Gasteiger partial charge in [-0.25, -0.2) is 0 Å². The highest BCUT2D eigenvalue weighted by Crippen LogP contribution is 2.52. The van der Waals surface area contributed by atoms with Crippen molar-refractivity contribution in [2.24, 2.45) is 5.92 Å². The molecule has 4 rings (SSSR count). The van der Waals surface area contributed by atoms with Gasteiger partial charge in [0.15, 0.2) is 0 Å². The Morgan fingerprint density at radius 2 is 1.79 bits per heavy atom. The van der Waals surface area contributed by atoms with E-state index in [2.05, 4.69) is 11.4 Å². The first kappa shape index (κ1) is 15.1. The second-order valence-corrected chi connectivity index (χ2v) is 6.41. The number of fused-ring (bicyclic) bond motifs is 3. The molecule has 0 aromatic heterocycles. The number of nitrogen functional groups attached to an aromatic ring is 1. The van der Waals surface area contributed by atoms with Crippen LogP contribution in [0.2, 0.25) is 0 Å². The van der Waals surface area contributed by atoms with Crippen LogP contribution in [0, 0.1) is 5.92 Å². The van der Waals surface area contributed by atoms with Crippen LogP contribution >= 0.6 is 0 Å². The molecule has 0 fully saturated rings. The van der Waals surface area contributed by atoms with Crippen molar-refractivity contribution >= 4 is 11.4 Å². The van der Waals surface area contributed by atoms with E-state index in [0.29, 0.717) is 5.69 Å². The summed E-state index contributed by atoms with van der Waals surface area (Å²) in [4.78, 5) is 0. The topological polar surface area (TPSA) is 38.0 Å². The molecule has 1 aliphatic heterocycles. The Morgan fingerprint density at radius 3 is 2.50 bits per heavy atom. The van der Waals surface area contributed by atoms with E-state index >= 15 is 0 Å². The molecule has 24 heavy (non-hydrogen) atoms. The Bertz CT molecular complexity index is 793. The van der Waals surface area contributed by atoms with Crippen LogP contribution in [0.15, 0.2) is 54.6 Å². The van der Waals surface area contributed by atoms with Crippen LogP contribution in [0.3, 0.4) is 0 Å². The van der Waals surface area contributed by atoms with E-state index in [0.717, 1.165) is 23.6 Å². The van der Waals surface area contributed by atoms with E-state index in [-0.39, 0.29) is 23.6 Å². The molecule has 0 saturated carbocycles. The Kier molecular flexibility index (Phi) is 3.34. The summed E-state index contributed by atoms with van der Waals surface area (Å²) in [5, 5.41) is 3.18. The zero-order valence-corrected chi connectivity index (χ0v) is 12.8. The number of para-hydroxylation sites is 1. The minimum atomic E-state index is -4.38. The van der Waals surface area contributed by atoms with Crippen molar-refractivity contribution in [3.63, 3.8) is 0 Å². The number of benzene rings is 2. The number of nitrogens with one attached hydrogen (secondary N) is 1. The lowest BCUT2D eigenvalue weighted by Gasteiger charge is -2.38. The molecule has 2 aromatic carbocycles. The molecule has 0 radical (unpaired) electrons. The number of anilines is 2. The number of halogens is 3. The van der Waals surface area contributed by atoms with E-state index < -0.39 is 11.7 Å². The quantitative estimate of drug-likeness (QED) is 0.563. The van der Waals surface area contributed by atoms with Crippen molar-refractivity contribution in [1.29, 1.82) is 0 Å². The first-order valence-electron chi connectivity index (χ1n) is 7.94. The Hall–Kier alpha value is -2.43. The van der Waals surface area contributed by atoms with Crippen LogP contribution in [0.1, 0.15) is 35.1 Å². The van der Waals surface area contributed by atoms with Crippen LogP contribution in [-0.2, 0) is 6.18 Å². The Balaban J connectivity index is 1.84. The number of allylic oxidation sites excluding steroid dienone is 2. The summed E-state index contributed by atoms with van der Waals surface area (Å²) in [6, 6.07) is 11.6. The van der Waals surface area contributed by atoms with Crippen molar-refractivity contribution in [3.05, 3.63) is 71.3 Å². The summed E-state index contributed by atoms with van der Waals surface area (Å²) in [7, 11) is 0. The van der Waals surface area contributed by atoms with Crippen LogP contribution in [0.5, 0.6) is 0 Å². The van der Waals surface area contributed by atoms with Crippen LogP contribution < -0.4 is 11.1 Å². The SMILES string of the molecule is Nc1ccc(C2Nc3c(cccc3C(F)(F)F)C3C=CCC32)cc1. The summed E-state index contributed by atoms with van der Waals surface area (Å²) in [6.45, 7) is 0. The zero-order chi connectivity index (χ0) is 16.9. The van der Waals surface area contributed by atoms with Crippen LogP contribution in [0.25, 0.3) is 0 Å². The maximum absolute atomic E-state index is 13.4. The van der Waals surface area contributed by atoms with Gasteiger partial charge in [-0.15, -0.1) is 0 Å². The number of hydrogen-bond donors (Lipinski definition) is 2. The monoisotopic (exact) mass is 330 g/mol. The maximum Gasteiger partial charge on any atom is 0.418 e. The normalized spacial score (nSPS) is 25.0. The van der Waals surface area contributed by atoms with Gasteiger partial charge in [-0.3, -0.25) is 0 Å². The van der Waals surface area contributed by atoms with Crippen molar-refractivity contribution in [2.75, 3.05) is 11.1 Å². The number of nitrogens with two attached hydrogens (primary N) is 1. The van der Waals surface area contributed by atoms with Gasteiger partial charge in [0.2, 0.25) is 0 Å². The molecule has 3 N–H and O–H groups in total. The molecule has 124 valence electrons. The summed E-state index contributed by atoms with van der Waals surface area (Å²) >= 11 is 0. The first-order valence-corrected chi connectivity index (χ1v) is 7.94. The van der Waals surface area contributed by atoms with Crippen LogP contribution in [-0.4, -0.2) is 0 Å². The highest BCUT2D eigenvalue weighted by Gasteiger charge is 2.42. The lowest BCUT2D eigenvalue weighted by atomic mass is 9.76. The second-order valence-electron chi connectivity index (χ2n) is 6.41. The highest BCUT2D eigenvalue weighted by atomic mass is 19.4. The van der Waals surface area contributed by atoms with Gasteiger partial charge in [0.05, 0.1) is 17.3 Å². The van der Waals surface area contributed by atoms with Gasteiger partial charge in [0.25, 0.3) is 0 Å². The Morgan fingerprint density at radius 1 is 1.04 bits per heavy atom. The fourth-order valence-corrected chi connectivity index (χ4v) is 3.89. The second kappa shape index (κ2) is 5.30. The fourth-order valence-electron chi connectivity index (χ4n) is 3.89. The summed E-state index contributed by atoms with van der Waals surface area (Å²) in [5.74, 6) is 0.218. The number of alkyl halides is 3. The lowest BCUT2D eigenvalue weighted by Crippen LogP contribution is -2.30. The standard InChI is InChI=1S/C19H17F3N2/c20-19(21,22)16-6-2-5-15-13-3-1-4-14(13)17(24-18(15)16)11-7-9-12(23)10-8-11/h1-3,5-10,13-14,17,24H,4,23H2. The molecule has 2 aromatic rings. The molecule has 3 unspecified atom stereocenters. The molecule has 0 bridgehead atoms. The molecular weight excluding hydrogens is 313 g/mol. The average molecular weight is 330 g/mol. The third-order valence-electron chi connectivity index (χ3n) is 5.00. The predicted molar refractivity (Wildman–Crippen MR) is 88.7 cm³/mol. The zero-order valence-electron chi connectivity index (χ0n) is 12.8. The van der Waals surface area contributed by atoms with Crippen LogP contribution in [0.4, 0.5) is 24.5 Å². The van der Waals surface area contributed by atoms with Crippen molar-refractivity contribution < 1.29 is 13.2 Å². The predicted octanol–water partition coefficient (Wildman–Crippen LogP) is 5.11. The van der Waals surface area contributed by atoms with E-state index in [9.17, 15) is 13.2 Å². The third kappa shape index (κ3) is 2.35. The minimum absolute atomic E-state index is 0.00565. The molecule has 0 saturated heterocycles. The fraction of sp³-hybridized carbons (Fsp3) is 0.263. The molecule has 2 nitrogen and oxygen atoms in total. The summed E-state index contributed by atoms with van der Waals surface area (Å²) in [6.07, 6.45) is 0.576. The maximum atomic E-state index is 13.4. The number of hydrogen-bond acceptors (Lipinski definition) is 2. The molecule has 0 amide bonds.